The van der Waals surface area contributed by atoms with Gasteiger partial charge in [0.25, 0.3) is 0 Å². The van der Waals surface area contributed by atoms with Gasteiger partial charge in [-0.05, 0) is 48.2 Å². The van der Waals surface area contributed by atoms with Gasteiger partial charge in [-0.2, -0.15) is 0 Å². The zero-order valence-corrected chi connectivity index (χ0v) is 12.3. The molecule has 21 heavy (non-hydrogen) atoms. The van der Waals surface area contributed by atoms with Crippen LogP contribution in [0, 0.1) is 5.92 Å². The molecule has 2 atom stereocenters. The van der Waals surface area contributed by atoms with Crippen LogP contribution < -0.4 is 9.47 Å². The third-order valence-electron chi connectivity index (χ3n) is 3.68. The molecule has 0 aromatic heterocycles. The summed E-state index contributed by atoms with van der Waals surface area (Å²) in [5.74, 6) is 1.13. The van der Waals surface area contributed by atoms with Crippen LogP contribution in [0.3, 0.4) is 0 Å². The molecule has 0 radical (unpaired) electrons. The van der Waals surface area contributed by atoms with Crippen molar-refractivity contribution in [3.63, 3.8) is 0 Å². The van der Waals surface area contributed by atoms with E-state index in [2.05, 4.69) is 0 Å². The van der Waals surface area contributed by atoms with Gasteiger partial charge in [0, 0.05) is 5.02 Å². The zero-order chi connectivity index (χ0) is 14.8. The van der Waals surface area contributed by atoms with E-state index < -0.39 is 0 Å². The lowest BCUT2D eigenvalue weighted by Crippen LogP contribution is -2.11. The fourth-order valence-corrected chi connectivity index (χ4v) is 2.69. The van der Waals surface area contributed by atoms with Crippen molar-refractivity contribution in [2.75, 3.05) is 7.11 Å². The highest BCUT2D eigenvalue weighted by atomic mass is 35.5. The molecule has 0 saturated heterocycles. The monoisotopic (exact) mass is 302 g/mol. The van der Waals surface area contributed by atoms with E-state index in [0.29, 0.717) is 10.8 Å². The number of carbonyl (C=O) groups is 1. The Labute approximate surface area is 128 Å². The molecule has 4 heteroatoms. The summed E-state index contributed by atoms with van der Waals surface area (Å²) in [6.07, 6.45) is 0.790. The van der Waals surface area contributed by atoms with E-state index in [-0.39, 0.29) is 17.8 Å². The van der Waals surface area contributed by atoms with Gasteiger partial charge in [-0.1, -0.05) is 29.8 Å². The van der Waals surface area contributed by atoms with Crippen LogP contribution in [0.15, 0.2) is 48.5 Å². The lowest BCUT2D eigenvalue weighted by Gasteiger charge is -2.06. The van der Waals surface area contributed by atoms with E-state index in [1.54, 1.807) is 31.4 Å². The van der Waals surface area contributed by atoms with Crippen LogP contribution in [0.5, 0.6) is 11.5 Å². The Morgan fingerprint density at radius 1 is 1.10 bits per heavy atom. The van der Waals surface area contributed by atoms with E-state index in [9.17, 15) is 4.79 Å². The van der Waals surface area contributed by atoms with Crippen LogP contribution in [0.4, 0.5) is 0 Å². The second kappa shape index (κ2) is 5.78. The van der Waals surface area contributed by atoms with Crippen LogP contribution in [0.1, 0.15) is 17.9 Å². The number of carbonyl (C=O) groups excluding carboxylic acids is 1. The fourth-order valence-electron chi connectivity index (χ4n) is 2.41. The zero-order valence-electron chi connectivity index (χ0n) is 11.6. The number of rotatable bonds is 4. The normalized spacial score (nSPS) is 19.9. The van der Waals surface area contributed by atoms with Crippen molar-refractivity contribution >= 4 is 17.6 Å². The Kier molecular flexibility index (Phi) is 3.84. The summed E-state index contributed by atoms with van der Waals surface area (Å²) >= 11 is 6.16. The Balaban J connectivity index is 1.64. The lowest BCUT2D eigenvalue weighted by molar-refractivity contribution is -0.135. The highest BCUT2D eigenvalue weighted by Crippen LogP contribution is 2.50. The molecule has 2 aromatic carbocycles. The van der Waals surface area contributed by atoms with E-state index in [1.165, 1.54) is 0 Å². The smallest absolute Gasteiger partial charge is 0.314 e. The van der Waals surface area contributed by atoms with E-state index in [4.69, 9.17) is 21.1 Å². The standard InChI is InChI=1S/C17H15ClO3/c1-20-11-6-8-12(9-7-11)21-17(19)15-10-14(15)13-4-2-3-5-16(13)18/h2-9,14-15H,10H2,1H3. The Morgan fingerprint density at radius 3 is 2.43 bits per heavy atom. The average molecular weight is 303 g/mol. The number of hydrogen-bond acceptors (Lipinski definition) is 3. The van der Waals surface area contributed by atoms with E-state index >= 15 is 0 Å². The fraction of sp³-hybridized carbons (Fsp3) is 0.235. The first-order valence-electron chi connectivity index (χ1n) is 6.79. The Morgan fingerprint density at radius 2 is 1.76 bits per heavy atom. The molecule has 0 N–H and O–H groups in total. The topological polar surface area (TPSA) is 35.5 Å². The van der Waals surface area contributed by atoms with Gasteiger partial charge in [0.1, 0.15) is 11.5 Å². The van der Waals surface area contributed by atoms with Crippen LogP contribution in [0.25, 0.3) is 0 Å². The minimum atomic E-state index is -0.204. The van der Waals surface area contributed by atoms with Gasteiger partial charge < -0.3 is 9.47 Å². The van der Waals surface area contributed by atoms with Gasteiger partial charge in [0.2, 0.25) is 0 Å². The number of methoxy groups -OCH3 is 1. The molecule has 3 nitrogen and oxygen atoms in total. The quantitative estimate of drug-likeness (QED) is 0.631. The minimum absolute atomic E-state index is 0.105. The molecule has 0 bridgehead atoms. The maximum Gasteiger partial charge on any atom is 0.314 e. The molecule has 1 saturated carbocycles. The van der Waals surface area contributed by atoms with E-state index in [0.717, 1.165) is 17.7 Å². The van der Waals surface area contributed by atoms with Crippen LogP contribution in [-0.4, -0.2) is 13.1 Å². The van der Waals surface area contributed by atoms with Crippen molar-refractivity contribution < 1.29 is 14.3 Å². The van der Waals surface area contributed by atoms with Crippen molar-refractivity contribution in [1.82, 2.24) is 0 Å². The van der Waals surface area contributed by atoms with E-state index in [1.807, 2.05) is 24.3 Å². The van der Waals surface area contributed by atoms with Crippen LogP contribution in [0.2, 0.25) is 5.02 Å². The molecule has 1 aliphatic rings. The second-order valence-corrected chi connectivity index (χ2v) is 5.47. The van der Waals surface area contributed by atoms with Gasteiger partial charge in [-0.25, -0.2) is 0 Å². The number of halogens is 1. The maximum atomic E-state index is 12.1. The summed E-state index contributed by atoms with van der Waals surface area (Å²) in [6.45, 7) is 0. The SMILES string of the molecule is COc1ccc(OC(=O)C2CC2c2ccccc2Cl)cc1. The molecule has 3 rings (SSSR count). The molecule has 0 heterocycles. The largest absolute Gasteiger partial charge is 0.497 e. The van der Waals surface area contributed by atoms with Gasteiger partial charge in [-0.3, -0.25) is 4.79 Å². The van der Waals surface area contributed by atoms with Gasteiger partial charge in [-0.15, -0.1) is 0 Å². The summed E-state index contributed by atoms with van der Waals surface area (Å²) in [4.78, 5) is 12.1. The van der Waals surface area contributed by atoms with Crippen molar-refractivity contribution in [3.05, 3.63) is 59.1 Å². The Hall–Kier alpha value is -2.00. The minimum Gasteiger partial charge on any atom is -0.497 e. The molecule has 0 amide bonds. The molecule has 2 aromatic rings. The van der Waals surface area contributed by atoms with Crippen molar-refractivity contribution in [3.8, 4) is 11.5 Å². The van der Waals surface area contributed by atoms with Gasteiger partial charge in [0.05, 0.1) is 13.0 Å². The van der Waals surface area contributed by atoms with Crippen LogP contribution >= 0.6 is 11.6 Å². The highest BCUT2D eigenvalue weighted by molar-refractivity contribution is 6.31. The molecule has 108 valence electrons. The molecular formula is C17H15ClO3. The number of esters is 1. The first-order valence-corrected chi connectivity index (χ1v) is 7.17. The molecule has 1 fully saturated rings. The predicted molar refractivity (Wildman–Crippen MR) is 80.9 cm³/mol. The average Bonchev–Trinajstić information content (AvgIpc) is 3.29. The lowest BCUT2D eigenvalue weighted by atomic mass is 10.1. The summed E-state index contributed by atoms with van der Waals surface area (Å²) in [6, 6.07) is 14.6. The van der Waals surface area contributed by atoms with Crippen molar-refractivity contribution in [2.45, 2.75) is 12.3 Å². The molecule has 0 aliphatic heterocycles. The molecule has 0 spiro atoms. The van der Waals surface area contributed by atoms with Gasteiger partial charge >= 0.3 is 5.97 Å². The summed E-state index contributed by atoms with van der Waals surface area (Å²) in [5, 5.41) is 0.710. The van der Waals surface area contributed by atoms with Crippen molar-refractivity contribution in [2.24, 2.45) is 5.92 Å². The summed E-state index contributed by atoms with van der Waals surface area (Å²) < 4.78 is 10.5. The first-order chi connectivity index (χ1) is 10.2. The summed E-state index contributed by atoms with van der Waals surface area (Å²) in [7, 11) is 1.60. The maximum absolute atomic E-state index is 12.1. The van der Waals surface area contributed by atoms with Crippen LogP contribution in [-0.2, 0) is 4.79 Å². The number of benzene rings is 2. The second-order valence-electron chi connectivity index (χ2n) is 5.07. The molecule has 1 aliphatic carbocycles. The Bertz CT molecular complexity index is 651. The van der Waals surface area contributed by atoms with Gasteiger partial charge in [0.15, 0.2) is 0 Å². The molecule has 2 unspecified atom stereocenters. The number of ether oxygens (including phenoxy) is 2. The summed E-state index contributed by atoms with van der Waals surface area (Å²) in [5.41, 5.74) is 1.02. The highest BCUT2D eigenvalue weighted by Gasteiger charge is 2.46. The van der Waals surface area contributed by atoms with Crippen molar-refractivity contribution in [1.29, 1.82) is 0 Å². The predicted octanol–water partition coefficient (Wildman–Crippen LogP) is 4.06. The first kappa shape index (κ1) is 14.0. The molecular weight excluding hydrogens is 288 g/mol. The third kappa shape index (κ3) is 3.03. The third-order valence-corrected chi connectivity index (χ3v) is 4.02. The number of hydrogen-bond donors (Lipinski definition) is 0.